The molecule has 252 valence electrons. The van der Waals surface area contributed by atoms with E-state index in [2.05, 4.69) is 26.3 Å². The van der Waals surface area contributed by atoms with E-state index in [1.165, 1.54) is 0 Å². The van der Waals surface area contributed by atoms with Gasteiger partial charge in [-0.05, 0) is 43.1 Å². The Labute approximate surface area is 264 Å². The van der Waals surface area contributed by atoms with Gasteiger partial charge in [0.1, 0.15) is 30.2 Å². The van der Waals surface area contributed by atoms with Crippen LogP contribution < -0.4 is 44.2 Å². The third-order valence-electron chi connectivity index (χ3n) is 6.73. The zero-order valence-corrected chi connectivity index (χ0v) is 26.6. The Bertz CT molecular complexity index is 1140. The zero-order chi connectivity index (χ0) is 34.1. The number of carbonyl (C=O) groups is 5. The Hall–Kier alpha value is -4.24. The van der Waals surface area contributed by atoms with E-state index in [1.807, 2.05) is 33.8 Å². The summed E-state index contributed by atoms with van der Waals surface area (Å²) in [6, 6.07) is 3.49. The summed E-state index contributed by atoms with van der Waals surface area (Å²) in [6.45, 7) is 7.10. The smallest absolute Gasteiger partial charge is 0.243 e. The maximum absolute atomic E-state index is 13.6. The van der Waals surface area contributed by atoms with Crippen molar-refractivity contribution in [1.82, 2.24) is 21.3 Å². The summed E-state index contributed by atoms with van der Waals surface area (Å²) >= 11 is 0. The number of hydrogen-bond acceptors (Lipinski definition) is 8. The van der Waals surface area contributed by atoms with Crippen molar-refractivity contribution in [3.63, 3.8) is 0 Å². The number of nitrogens with one attached hydrogen (secondary N) is 4. The molecule has 45 heavy (non-hydrogen) atoms. The summed E-state index contributed by atoms with van der Waals surface area (Å²) in [7, 11) is 0. The van der Waals surface area contributed by atoms with Gasteiger partial charge in [-0.15, -0.1) is 0 Å². The van der Waals surface area contributed by atoms with Crippen LogP contribution >= 0.6 is 0 Å². The van der Waals surface area contributed by atoms with Crippen LogP contribution in [0.15, 0.2) is 35.3 Å². The van der Waals surface area contributed by atoms with E-state index >= 15 is 0 Å². The van der Waals surface area contributed by atoms with Gasteiger partial charge in [0.05, 0.1) is 6.61 Å². The summed E-state index contributed by atoms with van der Waals surface area (Å²) in [5, 5.41) is 19.9. The molecule has 1 aromatic carbocycles. The van der Waals surface area contributed by atoms with E-state index in [-0.39, 0.29) is 50.0 Å². The van der Waals surface area contributed by atoms with E-state index in [0.29, 0.717) is 6.42 Å². The lowest BCUT2D eigenvalue weighted by atomic mass is 9.98. The average molecular weight is 634 g/mol. The van der Waals surface area contributed by atoms with E-state index < -0.39 is 66.4 Å². The monoisotopic (exact) mass is 633 g/mol. The van der Waals surface area contributed by atoms with E-state index in [0.717, 1.165) is 5.56 Å². The van der Waals surface area contributed by atoms with Crippen molar-refractivity contribution >= 4 is 35.5 Å². The average Bonchev–Trinajstić information content (AvgIpc) is 2.96. The first-order valence-corrected chi connectivity index (χ1v) is 15.1. The highest BCUT2D eigenvalue weighted by Crippen LogP contribution is 2.11. The summed E-state index contributed by atoms with van der Waals surface area (Å²) in [5.41, 5.74) is 22.6. The summed E-state index contributed by atoms with van der Waals surface area (Å²) in [6.07, 6.45) is 1.12. The summed E-state index contributed by atoms with van der Waals surface area (Å²) in [4.78, 5) is 68.8. The molecule has 0 unspecified atom stereocenters. The van der Waals surface area contributed by atoms with Gasteiger partial charge in [0, 0.05) is 13.0 Å². The van der Waals surface area contributed by atoms with Crippen LogP contribution in [0, 0.1) is 11.8 Å². The van der Waals surface area contributed by atoms with Crippen LogP contribution in [0.1, 0.15) is 58.9 Å². The van der Waals surface area contributed by atoms with Crippen LogP contribution in [0.4, 0.5) is 0 Å². The molecule has 5 amide bonds. The molecule has 0 saturated heterocycles. The van der Waals surface area contributed by atoms with Gasteiger partial charge < -0.3 is 49.3 Å². The Kier molecular flexibility index (Phi) is 17.2. The Morgan fingerprint density at radius 1 is 0.733 bits per heavy atom. The van der Waals surface area contributed by atoms with Gasteiger partial charge in [-0.1, -0.05) is 58.0 Å². The molecular weight excluding hydrogens is 582 g/mol. The molecule has 0 aromatic heterocycles. The van der Waals surface area contributed by atoms with Crippen LogP contribution in [0.3, 0.4) is 0 Å². The lowest BCUT2D eigenvalue weighted by Crippen LogP contribution is -2.59. The second-order valence-electron chi connectivity index (χ2n) is 11.8. The van der Waals surface area contributed by atoms with Crippen LogP contribution in [0.25, 0.3) is 0 Å². The number of primary amides is 1. The van der Waals surface area contributed by atoms with Crippen LogP contribution in [-0.2, 0) is 30.4 Å². The Balaban J connectivity index is 3.15. The van der Waals surface area contributed by atoms with E-state index in [1.54, 1.807) is 24.3 Å². The molecule has 15 heteroatoms. The van der Waals surface area contributed by atoms with Crippen LogP contribution in [-0.4, -0.2) is 84.0 Å². The Morgan fingerprint density at radius 2 is 1.20 bits per heavy atom. The molecule has 0 aliphatic rings. The molecule has 0 saturated carbocycles. The highest BCUT2D eigenvalue weighted by atomic mass is 16.3. The van der Waals surface area contributed by atoms with Gasteiger partial charge in [0.25, 0.3) is 0 Å². The molecule has 0 aliphatic carbocycles. The first kappa shape index (κ1) is 38.8. The lowest BCUT2D eigenvalue weighted by Gasteiger charge is -2.28. The molecule has 1 rings (SSSR count). The van der Waals surface area contributed by atoms with E-state index in [4.69, 9.17) is 22.9 Å². The number of carbonyl (C=O) groups excluding carboxylic acids is 5. The van der Waals surface area contributed by atoms with Crippen molar-refractivity contribution in [2.45, 2.75) is 90.0 Å². The predicted molar refractivity (Wildman–Crippen MR) is 171 cm³/mol. The summed E-state index contributed by atoms with van der Waals surface area (Å²) in [5.74, 6) is -3.49. The minimum atomic E-state index is -1.24. The number of benzene rings is 1. The molecule has 0 spiro atoms. The lowest BCUT2D eigenvalue weighted by molar-refractivity contribution is -0.135. The third kappa shape index (κ3) is 15.4. The number of amides is 5. The standard InChI is InChI=1S/C30H51N9O6/c1-17(2)13-22(27(43)36-21(25(32)41)11-8-12-35-30(33)34)38-28(44)23(14-18(3)4)39-29(45)24(37-26(42)20(31)16-40)15-19-9-6-5-7-10-19/h5-7,9-10,17-18,20-24,40H,8,11-16,31H2,1-4H3,(H2,32,41)(H,36,43)(H,37,42)(H,38,44)(H,39,45)(H4,33,34,35)/t20-,21-,22-,23+,24-/m0/s1. The number of aliphatic hydroxyl groups is 1. The van der Waals surface area contributed by atoms with Gasteiger partial charge in [-0.2, -0.15) is 0 Å². The fourth-order valence-corrected chi connectivity index (χ4v) is 4.43. The molecule has 0 fully saturated rings. The topological polar surface area (TPSA) is 270 Å². The minimum absolute atomic E-state index is 0.0192. The van der Waals surface area contributed by atoms with E-state index in [9.17, 15) is 29.1 Å². The molecule has 0 aliphatic heterocycles. The molecule has 1 aromatic rings. The molecule has 13 N–H and O–H groups in total. The predicted octanol–water partition coefficient (Wildman–Crippen LogP) is -1.88. The number of nitrogens with zero attached hydrogens (tertiary/aromatic N) is 1. The van der Waals surface area contributed by atoms with Crippen molar-refractivity contribution in [1.29, 1.82) is 0 Å². The van der Waals surface area contributed by atoms with Gasteiger partial charge >= 0.3 is 0 Å². The molecule has 0 bridgehead atoms. The minimum Gasteiger partial charge on any atom is -0.394 e. The van der Waals surface area contributed by atoms with Crippen molar-refractivity contribution in [3.05, 3.63) is 35.9 Å². The van der Waals surface area contributed by atoms with Gasteiger partial charge in [-0.25, -0.2) is 0 Å². The maximum Gasteiger partial charge on any atom is 0.243 e. The third-order valence-corrected chi connectivity index (χ3v) is 6.73. The number of aliphatic hydroxyl groups excluding tert-OH is 1. The first-order chi connectivity index (χ1) is 21.1. The largest absolute Gasteiger partial charge is 0.394 e. The highest BCUT2D eigenvalue weighted by Gasteiger charge is 2.32. The van der Waals surface area contributed by atoms with Crippen molar-refractivity contribution < 1.29 is 29.1 Å². The maximum atomic E-state index is 13.6. The quantitative estimate of drug-likeness (QED) is 0.0441. The normalized spacial score (nSPS) is 14.4. The molecule has 0 heterocycles. The number of hydrogen-bond donors (Lipinski definition) is 9. The molecule has 5 atom stereocenters. The second-order valence-corrected chi connectivity index (χ2v) is 11.8. The zero-order valence-electron chi connectivity index (χ0n) is 26.6. The summed E-state index contributed by atoms with van der Waals surface area (Å²) < 4.78 is 0. The second kappa shape index (κ2) is 19.9. The van der Waals surface area contributed by atoms with Gasteiger partial charge in [-0.3, -0.25) is 29.0 Å². The number of aliphatic imine (C=N–C) groups is 1. The fourth-order valence-electron chi connectivity index (χ4n) is 4.43. The van der Waals surface area contributed by atoms with Crippen molar-refractivity contribution in [2.24, 2.45) is 39.8 Å². The van der Waals surface area contributed by atoms with Crippen molar-refractivity contribution in [2.75, 3.05) is 13.2 Å². The molecular formula is C30H51N9O6. The van der Waals surface area contributed by atoms with Crippen molar-refractivity contribution in [3.8, 4) is 0 Å². The molecule has 0 radical (unpaired) electrons. The van der Waals surface area contributed by atoms with Crippen LogP contribution in [0.5, 0.6) is 0 Å². The number of nitrogens with two attached hydrogens (primary N) is 4. The van der Waals surface area contributed by atoms with Gasteiger partial charge in [0.2, 0.25) is 29.5 Å². The fraction of sp³-hybridized carbons (Fsp3) is 0.600. The SMILES string of the molecule is CC(C)C[C@H](NC(=O)[C@@H](CC(C)C)NC(=O)[C@H](Cc1ccccc1)NC(=O)[C@@H](N)CO)C(=O)N[C@@H](CCCN=C(N)N)C(N)=O. The number of rotatable bonds is 20. The number of guanidine groups is 1. The first-order valence-electron chi connectivity index (χ1n) is 15.1. The van der Waals surface area contributed by atoms with Gasteiger partial charge in [0.15, 0.2) is 5.96 Å². The Morgan fingerprint density at radius 3 is 1.64 bits per heavy atom. The molecule has 15 nitrogen and oxygen atoms in total. The highest BCUT2D eigenvalue weighted by molar-refractivity contribution is 5.95. The van der Waals surface area contributed by atoms with Crippen LogP contribution in [0.2, 0.25) is 0 Å².